The fourth-order valence-corrected chi connectivity index (χ4v) is 4.10. The number of benzene rings is 2. The second-order valence-corrected chi connectivity index (χ2v) is 7.89. The van der Waals surface area contributed by atoms with Gasteiger partial charge in [0.2, 0.25) is 0 Å². The van der Waals surface area contributed by atoms with Crippen LogP contribution in [0, 0.1) is 10.1 Å². The van der Waals surface area contributed by atoms with E-state index in [2.05, 4.69) is 10.6 Å². The molecule has 3 aromatic rings. The molecule has 0 radical (unpaired) electrons. The number of nitrogens with one attached hydrogen (secondary N) is 2. The Morgan fingerprint density at radius 3 is 2.58 bits per heavy atom. The van der Waals surface area contributed by atoms with Crippen LogP contribution in [0.3, 0.4) is 0 Å². The van der Waals surface area contributed by atoms with Gasteiger partial charge in [-0.3, -0.25) is 24.5 Å². The van der Waals surface area contributed by atoms with Gasteiger partial charge in [-0.2, -0.15) is 0 Å². The van der Waals surface area contributed by atoms with Gasteiger partial charge in [0.25, 0.3) is 17.5 Å². The molecule has 2 aromatic carbocycles. The summed E-state index contributed by atoms with van der Waals surface area (Å²) in [5, 5.41) is 16.6. The first-order valence-electron chi connectivity index (χ1n) is 8.61. The van der Waals surface area contributed by atoms with E-state index in [1.165, 1.54) is 23.5 Å². The molecule has 0 unspecified atom stereocenters. The summed E-state index contributed by atoms with van der Waals surface area (Å²) < 4.78 is 5.63. The zero-order valence-corrected chi connectivity index (χ0v) is 17.8. The summed E-state index contributed by atoms with van der Waals surface area (Å²) in [7, 11) is 0. The molecule has 0 fully saturated rings. The molecule has 0 atom stereocenters. The predicted octanol–water partition coefficient (Wildman–Crippen LogP) is 4.03. The average molecular weight is 482 g/mol. The minimum absolute atomic E-state index is 0.00428. The lowest BCUT2D eigenvalue weighted by Gasteiger charge is -2.08. The molecule has 0 aliphatic rings. The number of amides is 2. The fraction of sp³-hybridized carbons (Fsp3) is 0.105. The second-order valence-electron chi connectivity index (χ2n) is 6.05. The number of fused-ring (bicyclic) bond motifs is 1. The molecule has 1 heterocycles. The lowest BCUT2D eigenvalue weighted by atomic mass is 10.2. The number of esters is 1. The Labute approximate surface area is 189 Å². The van der Waals surface area contributed by atoms with Gasteiger partial charge in [0.05, 0.1) is 20.7 Å². The van der Waals surface area contributed by atoms with E-state index in [4.69, 9.17) is 27.9 Å². The molecule has 0 spiro atoms. The number of nitrogens with zero attached hydrogens (tertiary/aromatic N) is 1. The van der Waals surface area contributed by atoms with Crippen LogP contribution in [0.2, 0.25) is 10.0 Å². The first-order chi connectivity index (χ1) is 14.8. The Kier molecular flexibility index (Phi) is 7.06. The van der Waals surface area contributed by atoms with Gasteiger partial charge in [-0.25, -0.2) is 0 Å². The van der Waals surface area contributed by atoms with Crippen molar-refractivity contribution in [1.82, 2.24) is 5.32 Å². The third-order valence-corrected chi connectivity index (χ3v) is 5.94. The van der Waals surface area contributed by atoms with E-state index in [0.29, 0.717) is 5.02 Å². The summed E-state index contributed by atoms with van der Waals surface area (Å²) in [5.41, 5.74) is -0.260. The highest BCUT2D eigenvalue weighted by Gasteiger charge is 2.18. The number of carbonyl (C=O) groups excluding carboxylic acids is 3. The Bertz CT molecular complexity index is 1200. The maximum Gasteiger partial charge on any atom is 0.325 e. The number of halogens is 2. The van der Waals surface area contributed by atoms with Crippen molar-refractivity contribution in [2.45, 2.75) is 0 Å². The van der Waals surface area contributed by atoms with Crippen LogP contribution in [0.5, 0.6) is 0 Å². The maximum absolute atomic E-state index is 12.3. The average Bonchev–Trinajstić information content (AvgIpc) is 3.08. The third kappa shape index (κ3) is 5.48. The molecule has 2 N–H and O–H groups in total. The Morgan fingerprint density at radius 1 is 1.13 bits per heavy atom. The number of hydrogen-bond acceptors (Lipinski definition) is 7. The van der Waals surface area contributed by atoms with Gasteiger partial charge >= 0.3 is 5.97 Å². The summed E-state index contributed by atoms with van der Waals surface area (Å²) in [6.07, 6.45) is 0. The van der Waals surface area contributed by atoms with E-state index in [1.807, 2.05) is 12.1 Å². The first kappa shape index (κ1) is 22.5. The van der Waals surface area contributed by atoms with Crippen molar-refractivity contribution in [1.29, 1.82) is 0 Å². The van der Waals surface area contributed by atoms with Crippen molar-refractivity contribution >= 4 is 73.8 Å². The predicted molar refractivity (Wildman–Crippen MR) is 117 cm³/mol. The Morgan fingerprint density at radius 2 is 1.87 bits per heavy atom. The fourth-order valence-electron chi connectivity index (χ4n) is 2.50. The van der Waals surface area contributed by atoms with Crippen LogP contribution in [0.15, 0.2) is 42.5 Å². The summed E-state index contributed by atoms with van der Waals surface area (Å²) in [6, 6.07) is 10.7. The number of ether oxygens (including phenoxy) is 1. The molecule has 9 nitrogen and oxygen atoms in total. The molecule has 0 bridgehead atoms. The molecule has 3 rings (SSSR count). The molecular formula is C19H13Cl2N3O6S. The van der Waals surface area contributed by atoms with Gasteiger partial charge in [0, 0.05) is 22.2 Å². The van der Waals surface area contributed by atoms with Gasteiger partial charge < -0.3 is 15.4 Å². The highest BCUT2D eigenvalue weighted by molar-refractivity contribution is 7.21. The second kappa shape index (κ2) is 9.73. The smallest absolute Gasteiger partial charge is 0.325 e. The van der Waals surface area contributed by atoms with E-state index in [1.54, 1.807) is 12.1 Å². The van der Waals surface area contributed by atoms with Gasteiger partial charge in [-0.1, -0.05) is 41.4 Å². The van der Waals surface area contributed by atoms with Gasteiger partial charge in [-0.05, 0) is 12.1 Å². The molecule has 2 amide bonds. The SMILES string of the molecule is O=C(COC(=O)CNC(=O)c1sc2ccccc2c1Cl)Nc1cc([N+](=O)[O-])ccc1Cl. The van der Waals surface area contributed by atoms with Gasteiger partial charge in [-0.15, -0.1) is 11.3 Å². The van der Waals surface area contributed by atoms with E-state index in [9.17, 15) is 24.5 Å². The minimum atomic E-state index is -0.856. The van der Waals surface area contributed by atoms with Crippen LogP contribution in [0.1, 0.15) is 9.67 Å². The lowest BCUT2D eigenvalue weighted by molar-refractivity contribution is -0.384. The topological polar surface area (TPSA) is 128 Å². The summed E-state index contributed by atoms with van der Waals surface area (Å²) >= 11 is 13.3. The summed E-state index contributed by atoms with van der Waals surface area (Å²) in [6.45, 7) is -1.15. The van der Waals surface area contributed by atoms with Crippen molar-refractivity contribution in [3.8, 4) is 0 Å². The van der Waals surface area contributed by atoms with E-state index < -0.39 is 35.9 Å². The Balaban J connectivity index is 1.50. The number of rotatable bonds is 7. The zero-order valence-electron chi connectivity index (χ0n) is 15.5. The van der Waals surface area contributed by atoms with Crippen LogP contribution < -0.4 is 10.6 Å². The number of thiophene rings is 1. The number of nitro groups is 1. The monoisotopic (exact) mass is 481 g/mol. The van der Waals surface area contributed by atoms with E-state index in [0.717, 1.165) is 16.2 Å². The van der Waals surface area contributed by atoms with Crippen molar-refractivity contribution in [2.75, 3.05) is 18.5 Å². The normalized spacial score (nSPS) is 10.5. The standard InChI is InChI=1S/C19H13Cl2N3O6S/c20-12-6-5-10(24(28)29)7-13(12)23-15(25)9-30-16(26)8-22-19(27)18-17(21)11-3-1-2-4-14(11)31-18/h1-7H,8-9H2,(H,22,27)(H,23,25). The van der Waals surface area contributed by atoms with Crippen molar-refractivity contribution in [2.24, 2.45) is 0 Å². The number of nitro benzene ring substituents is 1. The van der Waals surface area contributed by atoms with Crippen molar-refractivity contribution in [3.05, 3.63) is 67.5 Å². The van der Waals surface area contributed by atoms with Crippen LogP contribution >= 0.6 is 34.5 Å². The van der Waals surface area contributed by atoms with Crippen LogP contribution in [-0.2, 0) is 14.3 Å². The van der Waals surface area contributed by atoms with Gasteiger partial charge in [0.15, 0.2) is 6.61 Å². The van der Waals surface area contributed by atoms with Gasteiger partial charge in [0.1, 0.15) is 11.4 Å². The number of hydrogen-bond donors (Lipinski definition) is 2. The summed E-state index contributed by atoms with van der Waals surface area (Å²) in [5.74, 6) is -2.16. The molecule has 160 valence electrons. The number of anilines is 1. The number of carbonyl (C=O) groups is 3. The minimum Gasteiger partial charge on any atom is -0.454 e. The van der Waals surface area contributed by atoms with Crippen LogP contribution in [0.25, 0.3) is 10.1 Å². The first-order valence-corrected chi connectivity index (χ1v) is 10.2. The highest BCUT2D eigenvalue weighted by Crippen LogP contribution is 2.34. The lowest BCUT2D eigenvalue weighted by Crippen LogP contribution is -2.32. The zero-order chi connectivity index (χ0) is 22.5. The molecule has 12 heteroatoms. The van der Waals surface area contributed by atoms with E-state index in [-0.39, 0.29) is 21.3 Å². The quantitative estimate of drug-likeness (QED) is 0.297. The van der Waals surface area contributed by atoms with E-state index >= 15 is 0 Å². The molecule has 0 saturated heterocycles. The molecule has 1 aromatic heterocycles. The molecule has 0 saturated carbocycles. The Hall–Kier alpha value is -3.21. The molecule has 0 aliphatic heterocycles. The maximum atomic E-state index is 12.3. The molecule has 0 aliphatic carbocycles. The third-order valence-electron chi connectivity index (χ3n) is 3.93. The number of non-ortho nitro benzene ring substituents is 1. The van der Waals surface area contributed by atoms with Crippen molar-refractivity contribution in [3.63, 3.8) is 0 Å². The van der Waals surface area contributed by atoms with Crippen molar-refractivity contribution < 1.29 is 24.0 Å². The molecular weight excluding hydrogens is 469 g/mol. The largest absolute Gasteiger partial charge is 0.454 e. The molecule has 31 heavy (non-hydrogen) atoms. The highest BCUT2D eigenvalue weighted by atomic mass is 35.5. The summed E-state index contributed by atoms with van der Waals surface area (Å²) in [4.78, 5) is 46.5. The van der Waals surface area contributed by atoms with Crippen LogP contribution in [-0.4, -0.2) is 35.9 Å². The van der Waals surface area contributed by atoms with Crippen LogP contribution in [0.4, 0.5) is 11.4 Å².